The maximum atomic E-state index is 12.9. The number of rotatable bonds is 6. The Morgan fingerprint density at radius 3 is 1.68 bits per heavy atom. The second-order valence-corrected chi connectivity index (χ2v) is 13.5. The van der Waals surface area contributed by atoms with E-state index in [4.69, 9.17) is 4.74 Å². The highest BCUT2D eigenvalue weighted by atomic mass is 127. The molecule has 0 N–H and O–H groups in total. The molecule has 4 aromatic rings. The molecule has 5 heteroatoms. The Morgan fingerprint density at radius 2 is 1.16 bits per heavy atom. The zero-order valence-corrected chi connectivity index (χ0v) is 21.4. The van der Waals surface area contributed by atoms with Gasteiger partial charge in [-0.1, -0.05) is 18.2 Å². The Kier molecular flexibility index (Phi) is 6.84. The van der Waals surface area contributed by atoms with Gasteiger partial charge in [0.05, 0.1) is 7.11 Å². The van der Waals surface area contributed by atoms with Crippen molar-refractivity contribution in [1.29, 1.82) is 0 Å². The number of hydrogen-bond acceptors (Lipinski definition) is 2. The summed E-state index contributed by atoms with van der Waals surface area (Å²) in [6.45, 7) is 0. The lowest BCUT2D eigenvalue weighted by molar-refractivity contribution is 0.103. The largest absolute Gasteiger partial charge is 0.497 e. The van der Waals surface area contributed by atoms with E-state index in [0.717, 1.165) is 10.6 Å². The summed E-state index contributed by atoms with van der Waals surface area (Å²) in [6.07, 6.45) is 0. The first-order chi connectivity index (χ1) is 15.0. The van der Waals surface area contributed by atoms with Crippen LogP contribution < -0.4 is 4.74 Å². The molecule has 0 aliphatic carbocycles. The number of benzene rings is 4. The van der Waals surface area contributed by atoms with Gasteiger partial charge in [-0.2, -0.15) is 0 Å². The van der Waals surface area contributed by atoms with E-state index in [0.29, 0.717) is 11.1 Å². The molecule has 0 radical (unpaired) electrons. The standard InChI is InChI=1S/C26H20BrIO2S/c1-30-22-13-7-19(8-14-22)26(29)20-9-15-24(16-10-20)31(27,23-5-3-2-4-6-23)25-17-11-21(28)12-18-25/h2-18H,1H3. The Bertz CT molecular complexity index is 1180. The van der Waals surface area contributed by atoms with E-state index >= 15 is 0 Å². The van der Waals surface area contributed by atoms with Crippen molar-refractivity contribution < 1.29 is 9.53 Å². The molecule has 0 aromatic heterocycles. The topological polar surface area (TPSA) is 26.3 Å². The molecule has 4 aromatic carbocycles. The van der Waals surface area contributed by atoms with E-state index in [2.05, 4.69) is 98.1 Å². The average molecular weight is 603 g/mol. The molecule has 0 aliphatic rings. The molecule has 0 fully saturated rings. The van der Waals surface area contributed by atoms with Crippen molar-refractivity contribution in [3.05, 3.63) is 118 Å². The first kappa shape index (κ1) is 22.1. The Morgan fingerprint density at radius 1 is 0.710 bits per heavy atom. The molecule has 0 heterocycles. The highest BCUT2D eigenvalue weighted by Gasteiger charge is 2.28. The molecular formula is C26H20BrIO2S. The second-order valence-electron chi connectivity index (χ2n) is 6.89. The third-order valence-corrected chi connectivity index (χ3v) is 11.8. The molecule has 0 amide bonds. The first-order valence-electron chi connectivity index (χ1n) is 9.65. The molecule has 1 atom stereocenters. The van der Waals surface area contributed by atoms with Gasteiger partial charge in [-0.05, 0) is 122 Å². The maximum Gasteiger partial charge on any atom is 0.193 e. The highest BCUT2D eigenvalue weighted by Crippen LogP contribution is 2.73. The van der Waals surface area contributed by atoms with Crippen LogP contribution in [0.4, 0.5) is 0 Å². The summed E-state index contributed by atoms with van der Waals surface area (Å²) < 4.78 is 6.38. The van der Waals surface area contributed by atoms with Crippen molar-refractivity contribution in [3.8, 4) is 5.75 Å². The molecule has 0 aliphatic heterocycles. The SMILES string of the molecule is COc1ccc(C(=O)c2ccc(S(Br)(c3ccccc3)c3ccc(I)cc3)cc2)cc1. The van der Waals surface area contributed by atoms with Crippen LogP contribution in [0, 0.1) is 3.57 Å². The minimum Gasteiger partial charge on any atom is -0.497 e. The van der Waals surface area contributed by atoms with E-state index in [-0.39, 0.29) is 5.78 Å². The molecule has 2 nitrogen and oxygen atoms in total. The van der Waals surface area contributed by atoms with Gasteiger partial charge in [0, 0.05) is 29.4 Å². The van der Waals surface area contributed by atoms with E-state index in [9.17, 15) is 4.79 Å². The molecule has 0 bridgehead atoms. The van der Waals surface area contributed by atoms with Crippen LogP contribution in [0.25, 0.3) is 0 Å². The molecular weight excluding hydrogens is 583 g/mol. The summed E-state index contributed by atoms with van der Waals surface area (Å²) in [5, 5.41) is 0. The summed E-state index contributed by atoms with van der Waals surface area (Å²) in [5.41, 5.74) is 1.31. The predicted octanol–water partition coefficient (Wildman–Crippen LogP) is 8.12. The van der Waals surface area contributed by atoms with Gasteiger partial charge in [0.1, 0.15) is 5.75 Å². The fourth-order valence-corrected chi connectivity index (χ4v) is 8.01. The summed E-state index contributed by atoms with van der Waals surface area (Å²) in [6, 6.07) is 34.2. The number of ether oxygens (including phenoxy) is 1. The lowest BCUT2D eigenvalue weighted by Gasteiger charge is -2.35. The number of carbonyl (C=O) groups is 1. The molecule has 4 rings (SSSR count). The zero-order chi connectivity index (χ0) is 21.8. The van der Waals surface area contributed by atoms with Crippen LogP contribution in [0.2, 0.25) is 0 Å². The quantitative estimate of drug-likeness (QED) is 0.164. The van der Waals surface area contributed by atoms with Crippen molar-refractivity contribution in [3.63, 3.8) is 0 Å². The van der Waals surface area contributed by atoms with Crippen LogP contribution in [0.15, 0.2) is 118 Å². The van der Waals surface area contributed by atoms with Gasteiger partial charge < -0.3 is 4.74 Å². The zero-order valence-electron chi connectivity index (χ0n) is 16.8. The first-order valence-corrected chi connectivity index (χ1v) is 14.2. The molecule has 1 unspecified atom stereocenters. The van der Waals surface area contributed by atoms with Crippen molar-refractivity contribution in [2.75, 3.05) is 7.11 Å². The summed E-state index contributed by atoms with van der Waals surface area (Å²) in [7, 11) is -0.0108. The Balaban J connectivity index is 1.73. The third-order valence-electron chi connectivity index (χ3n) is 5.00. The minimum atomic E-state index is -1.63. The van der Waals surface area contributed by atoms with Gasteiger partial charge in [-0.3, -0.25) is 4.79 Å². The number of ketones is 1. The van der Waals surface area contributed by atoms with Gasteiger partial charge in [0.2, 0.25) is 0 Å². The van der Waals surface area contributed by atoms with Gasteiger partial charge in [0.25, 0.3) is 0 Å². The Labute approximate surface area is 205 Å². The van der Waals surface area contributed by atoms with Crippen LogP contribution >= 0.6 is 45.9 Å². The monoisotopic (exact) mass is 602 g/mol. The molecule has 156 valence electrons. The average Bonchev–Trinajstić information content (AvgIpc) is 2.84. The summed E-state index contributed by atoms with van der Waals surface area (Å²) in [5.74, 6) is 0.735. The molecule has 0 saturated carbocycles. The van der Waals surface area contributed by atoms with E-state index in [1.54, 1.807) is 31.4 Å². The fourth-order valence-electron chi connectivity index (χ4n) is 3.34. The van der Waals surface area contributed by atoms with E-state index < -0.39 is 8.46 Å². The van der Waals surface area contributed by atoms with Gasteiger partial charge in [-0.25, -0.2) is 0 Å². The van der Waals surface area contributed by atoms with E-state index in [1.165, 1.54) is 13.4 Å². The van der Waals surface area contributed by atoms with Crippen molar-refractivity contribution >= 4 is 51.6 Å². The van der Waals surface area contributed by atoms with Crippen LogP contribution in [-0.4, -0.2) is 12.9 Å². The van der Waals surface area contributed by atoms with Crippen LogP contribution in [0.1, 0.15) is 15.9 Å². The summed E-state index contributed by atoms with van der Waals surface area (Å²) in [4.78, 5) is 16.5. The van der Waals surface area contributed by atoms with Gasteiger partial charge >= 0.3 is 0 Å². The lowest BCUT2D eigenvalue weighted by Crippen LogP contribution is -2.02. The van der Waals surface area contributed by atoms with E-state index in [1.807, 2.05) is 18.2 Å². The molecule has 0 saturated heterocycles. The van der Waals surface area contributed by atoms with Crippen LogP contribution in [0.5, 0.6) is 5.75 Å². The van der Waals surface area contributed by atoms with Crippen molar-refractivity contribution in [1.82, 2.24) is 0 Å². The van der Waals surface area contributed by atoms with Crippen LogP contribution in [-0.2, 0) is 0 Å². The number of carbonyl (C=O) groups excluding carboxylic acids is 1. The molecule has 31 heavy (non-hydrogen) atoms. The smallest absolute Gasteiger partial charge is 0.193 e. The van der Waals surface area contributed by atoms with Crippen LogP contribution in [0.3, 0.4) is 0 Å². The predicted molar refractivity (Wildman–Crippen MR) is 140 cm³/mol. The third kappa shape index (κ3) is 4.59. The lowest BCUT2D eigenvalue weighted by atomic mass is 10.0. The van der Waals surface area contributed by atoms with Gasteiger partial charge in [0.15, 0.2) is 5.78 Å². The molecule has 0 spiro atoms. The second kappa shape index (κ2) is 9.59. The maximum absolute atomic E-state index is 12.9. The number of hydrogen-bond donors (Lipinski definition) is 0. The minimum absolute atomic E-state index is 0.00153. The van der Waals surface area contributed by atoms with Crippen molar-refractivity contribution in [2.45, 2.75) is 14.7 Å². The normalized spacial score (nSPS) is 13.8. The highest BCUT2D eigenvalue weighted by molar-refractivity contribution is 14.1. The number of methoxy groups -OCH3 is 1. The summed E-state index contributed by atoms with van der Waals surface area (Å²) >= 11 is 6.46. The van der Waals surface area contributed by atoms with Crippen molar-refractivity contribution in [2.24, 2.45) is 0 Å². The number of halogens is 2. The Hall–Kier alpha value is -2.09. The fraction of sp³-hybridized carbons (Fsp3) is 0.0385. The van der Waals surface area contributed by atoms with Gasteiger partial charge in [-0.15, -0.1) is 8.46 Å².